The Bertz CT molecular complexity index is 1800. The summed E-state index contributed by atoms with van der Waals surface area (Å²) >= 11 is 0. The van der Waals surface area contributed by atoms with Crippen molar-refractivity contribution in [2.45, 2.75) is 81.1 Å². The molecule has 0 saturated heterocycles. The van der Waals surface area contributed by atoms with Gasteiger partial charge in [-0.25, -0.2) is 28.8 Å². The average molecular weight is 742 g/mol. The average Bonchev–Trinajstić information content (AvgIpc) is 3.64. The van der Waals surface area contributed by atoms with Crippen LogP contribution in [0.25, 0.3) is 0 Å². The number of nitrogens with zero attached hydrogens (tertiary/aromatic N) is 2. The molecule has 3 aliphatic rings. The fourth-order valence-corrected chi connectivity index (χ4v) is 6.83. The number of hydrogen-bond acceptors (Lipinski definition) is 14. The molecular weight excluding hydrogens is 698 g/mol. The maximum Gasteiger partial charge on any atom is 0.355 e. The first-order valence-electron chi connectivity index (χ1n) is 17.4. The first-order valence-corrected chi connectivity index (χ1v) is 17.4. The van der Waals surface area contributed by atoms with E-state index in [-0.39, 0.29) is 107 Å². The second-order valence-corrected chi connectivity index (χ2v) is 11.8. The molecule has 17 nitrogen and oxygen atoms in total. The van der Waals surface area contributed by atoms with E-state index in [9.17, 15) is 28.8 Å². The number of nitrogens with one attached hydrogen (secondary N) is 1. The maximum atomic E-state index is 13.8. The highest BCUT2D eigenvalue weighted by Crippen LogP contribution is 2.52. The summed E-state index contributed by atoms with van der Waals surface area (Å²) < 4.78 is 48.4. The summed E-state index contributed by atoms with van der Waals surface area (Å²) in [5.74, 6) is -4.90. The van der Waals surface area contributed by atoms with Crippen molar-refractivity contribution in [1.29, 1.82) is 0 Å². The van der Waals surface area contributed by atoms with Gasteiger partial charge in [0.05, 0.1) is 73.4 Å². The molecule has 0 spiro atoms. The molecule has 0 saturated carbocycles. The lowest BCUT2D eigenvalue weighted by molar-refractivity contribution is -0.186. The van der Waals surface area contributed by atoms with Crippen LogP contribution in [0, 0.1) is 20.8 Å². The van der Waals surface area contributed by atoms with Gasteiger partial charge in [0.25, 0.3) is 0 Å². The minimum Gasteiger partial charge on any atom is -0.462 e. The molecule has 17 heteroatoms. The van der Waals surface area contributed by atoms with Crippen LogP contribution in [0.15, 0.2) is 0 Å². The van der Waals surface area contributed by atoms with Gasteiger partial charge in [0, 0.05) is 0 Å². The van der Waals surface area contributed by atoms with E-state index in [1.54, 1.807) is 41.5 Å². The van der Waals surface area contributed by atoms with Gasteiger partial charge in [0.15, 0.2) is 12.5 Å². The number of ether oxygens (including phenoxy) is 8. The third-order valence-corrected chi connectivity index (χ3v) is 8.79. The van der Waals surface area contributed by atoms with Gasteiger partial charge in [0.1, 0.15) is 17.1 Å². The second-order valence-electron chi connectivity index (χ2n) is 11.8. The number of esters is 6. The third-order valence-electron chi connectivity index (χ3n) is 8.79. The topological polar surface area (TPSA) is 202 Å². The van der Waals surface area contributed by atoms with Gasteiger partial charge >= 0.3 is 35.8 Å². The molecule has 0 amide bonds. The molecule has 53 heavy (non-hydrogen) atoms. The van der Waals surface area contributed by atoms with Crippen molar-refractivity contribution in [2.75, 3.05) is 39.6 Å². The van der Waals surface area contributed by atoms with E-state index in [1.807, 2.05) is 0 Å². The van der Waals surface area contributed by atoms with Crippen LogP contribution in [-0.4, -0.2) is 89.6 Å². The lowest BCUT2D eigenvalue weighted by Gasteiger charge is -2.31. The largest absolute Gasteiger partial charge is 0.462 e. The minimum absolute atomic E-state index is 0.0116. The zero-order valence-corrected chi connectivity index (χ0v) is 31.1. The Hall–Kier alpha value is -5.42. The first kappa shape index (κ1) is 38.8. The highest BCUT2D eigenvalue weighted by atomic mass is 16.7. The number of aromatic nitrogens is 3. The molecule has 3 aromatic rings. The molecule has 286 valence electrons. The normalized spacial score (nSPS) is 17.0. The maximum absolute atomic E-state index is 13.8. The monoisotopic (exact) mass is 741 g/mol. The van der Waals surface area contributed by atoms with E-state index < -0.39 is 54.6 Å². The van der Waals surface area contributed by atoms with Crippen molar-refractivity contribution in [1.82, 2.24) is 14.1 Å². The Balaban J connectivity index is 1.91. The summed E-state index contributed by atoms with van der Waals surface area (Å²) in [6, 6.07) is 0. The van der Waals surface area contributed by atoms with Crippen LogP contribution in [0.4, 0.5) is 0 Å². The van der Waals surface area contributed by atoms with Crippen LogP contribution >= 0.6 is 0 Å². The molecule has 2 bridgehead atoms. The summed E-state index contributed by atoms with van der Waals surface area (Å²) in [6.45, 7) is 14.1. The number of hydrogen-bond donors (Lipinski definition) is 1. The van der Waals surface area contributed by atoms with Crippen molar-refractivity contribution in [3.8, 4) is 0 Å². The zero-order chi connectivity index (χ0) is 38.9. The van der Waals surface area contributed by atoms with E-state index in [1.165, 1.54) is 29.9 Å². The van der Waals surface area contributed by atoms with Crippen LogP contribution in [-0.2, 0) is 37.9 Å². The molecule has 0 radical (unpaired) electrons. The molecule has 1 N–H and O–H groups in total. The molecule has 6 rings (SSSR count). The molecule has 2 atom stereocenters. The van der Waals surface area contributed by atoms with E-state index in [0.29, 0.717) is 0 Å². The predicted octanol–water partition coefficient (Wildman–Crippen LogP) is 4.76. The van der Waals surface area contributed by atoms with Gasteiger partial charge in [-0.1, -0.05) is 0 Å². The van der Waals surface area contributed by atoms with Crippen LogP contribution < -0.4 is 0 Å². The summed E-state index contributed by atoms with van der Waals surface area (Å²) in [5, 5.41) is 0. The van der Waals surface area contributed by atoms with Crippen molar-refractivity contribution < 1.29 is 66.7 Å². The predicted molar refractivity (Wildman–Crippen MR) is 181 cm³/mol. The Morgan fingerprint density at radius 1 is 0.509 bits per heavy atom. The van der Waals surface area contributed by atoms with Gasteiger partial charge in [-0.15, -0.1) is 0 Å². The van der Waals surface area contributed by atoms with E-state index >= 15 is 0 Å². The SMILES string of the molecule is CCOC(=O)c1[nH]c(C2OC3c4c(C(=O)OCC)c(C)c(C(=O)OCC)n4C(O2)c2c(C(=O)OCC)c(C)c(C(=O)OCC)n23)c(C(=O)OCC)c1C. The van der Waals surface area contributed by atoms with Crippen LogP contribution in [0.5, 0.6) is 0 Å². The van der Waals surface area contributed by atoms with Crippen LogP contribution in [0.3, 0.4) is 0 Å². The summed E-state index contributed by atoms with van der Waals surface area (Å²) in [6.07, 6.45) is -4.69. The quantitative estimate of drug-likeness (QED) is 0.186. The Morgan fingerprint density at radius 2 is 0.849 bits per heavy atom. The van der Waals surface area contributed by atoms with Gasteiger partial charge < -0.3 is 52.0 Å². The second kappa shape index (κ2) is 15.7. The summed E-state index contributed by atoms with van der Waals surface area (Å²) in [7, 11) is 0. The lowest BCUT2D eigenvalue weighted by Crippen LogP contribution is -2.33. The summed E-state index contributed by atoms with van der Waals surface area (Å²) in [4.78, 5) is 84.7. The molecule has 6 heterocycles. The van der Waals surface area contributed by atoms with Gasteiger partial charge in [-0.2, -0.15) is 0 Å². The highest BCUT2D eigenvalue weighted by molar-refractivity contribution is 6.02. The number of carbonyl (C=O) groups excluding carboxylic acids is 6. The van der Waals surface area contributed by atoms with Gasteiger partial charge in [-0.05, 0) is 79.0 Å². The molecule has 3 aromatic heterocycles. The fraction of sp³-hybridized carbons (Fsp3) is 0.500. The Morgan fingerprint density at radius 3 is 1.23 bits per heavy atom. The zero-order valence-electron chi connectivity index (χ0n) is 31.1. The Labute approximate surface area is 304 Å². The van der Waals surface area contributed by atoms with Gasteiger partial charge in [0.2, 0.25) is 6.29 Å². The smallest absolute Gasteiger partial charge is 0.355 e. The van der Waals surface area contributed by atoms with Crippen molar-refractivity contribution in [3.05, 3.63) is 67.5 Å². The molecule has 0 aliphatic carbocycles. The van der Waals surface area contributed by atoms with Crippen molar-refractivity contribution >= 4 is 35.8 Å². The van der Waals surface area contributed by atoms with E-state index in [2.05, 4.69) is 4.98 Å². The molecule has 3 aliphatic heterocycles. The van der Waals surface area contributed by atoms with E-state index in [0.717, 1.165) is 0 Å². The number of fused-ring (bicyclic) bond motifs is 2. The molecule has 0 aromatic carbocycles. The third kappa shape index (κ3) is 6.37. The van der Waals surface area contributed by atoms with Crippen LogP contribution in [0.1, 0.15) is 157 Å². The number of H-pyrrole nitrogens is 1. The summed E-state index contributed by atoms with van der Waals surface area (Å²) in [5.41, 5.74) is -0.152. The number of aromatic amines is 1. The molecule has 2 unspecified atom stereocenters. The number of carbonyl (C=O) groups is 6. The lowest BCUT2D eigenvalue weighted by atomic mass is 10.1. The van der Waals surface area contributed by atoms with Crippen molar-refractivity contribution in [3.63, 3.8) is 0 Å². The minimum atomic E-state index is -1.61. The Kier molecular flexibility index (Phi) is 11.5. The molecular formula is C36H43N3O14. The number of rotatable bonds is 13. The van der Waals surface area contributed by atoms with Gasteiger partial charge in [-0.3, -0.25) is 0 Å². The standard InChI is InChI=1S/C36H43N3O14/c1-10-46-30(40)19-16(7)22(33(43)49-13-4)37-23(19)36-52-28-26-20(31(41)47-11-2)17(8)24(34(44)50-14-5)38(26)29(53-36)27-21(32(42)48-12-3)18(9)25(39(27)28)35(45)51-15-6/h28-29,36-37H,10-15H2,1-9H3. The molecule has 0 fully saturated rings. The van der Waals surface area contributed by atoms with Crippen molar-refractivity contribution in [2.24, 2.45) is 0 Å². The van der Waals surface area contributed by atoms with Crippen LogP contribution in [0.2, 0.25) is 0 Å². The van der Waals surface area contributed by atoms with E-state index in [4.69, 9.17) is 37.9 Å². The first-order chi connectivity index (χ1) is 25.3. The highest BCUT2D eigenvalue weighted by Gasteiger charge is 2.52. The fourth-order valence-electron chi connectivity index (χ4n) is 6.83.